The Hall–Kier alpha value is 0.130. The molecule has 0 saturated carbocycles. The summed E-state index contributed by atoms with van der Waals surface area (Å²) in [4.78, 5) is 0. The first kappa shape index (κ1) is 12.1. The van der Waals surface area contributed by atoms with Crippen LogP contribution in [0, 0.1) is 5.92 Å². The first-order valence-electron chi connectivity index (χ1n) is 3.93. The van der Waals surface area contributed by atoms with E-state index < -0.39 is 12.2 Å². The number of halogens is 1. The van der Waals surface area contributed by atoms with Gasteiger partial charge in [-0.1, -0.05) is 0 Å². The van der Waals surface area contributed by atoms with Crippen molar-refractivity contribution in [1.82, 2.24) is 5.32 Å². The first-order chi connectivity index (χ1) is 5.25. The SMILES string of the molecule is Cl.OCC[C@@H]1CNC[C@@H](O)[C@@H]1O. The molecule has 12 heavy (non-hydrogen) atoms. The summed E-state index contributed by atoms with van der Waals surface area (Å²) in [6, 6.07) is 0. The Balaban J connectivity index is 0.00000121. The van der Waals surface area contributed by atoms with Gasteiger partial charge in [-0.3, -0.25) is 0 Å². The summed E-state index contributed by atoms with van der Waals surface area (Å²) in [6.45, 7) is 1.19. The Morgan fingerprint density at radius 2 is 1.92 bits per heavy atom. The maximum absolute atomic E-state index is 9.37. The molecule has 1 heterocycles. The van der Waals surface area contributed by atoms with Gasteiger partial charge in [0.15, 0.2) is 0 Å². The second-order valence-corrected chi connectivity index (χ2v) is 2.99. The lowest BCUT2D eigenvalue weighted by atomic mass is 9.91. The van der Waals surface area contributed by atoms with E-state index in [0.717, 1.165) is 0 Å². The fourth-order valence-electron chi connectivity index (χ4n) is 1.41. The zero-order valence-corrected chi connectivity index (χ0v) is 7.63. The molecule has 1 aliphatic heterocycles. The molecular weight excluding hydrogens is 182 g/mol. The van der Waals surface area contributed by atoms with E-state index in [9.17, 15) is 10.2 Å². The fourth-order valence-corrected chi connectivity index (χ4v) is 1.41. The summed E-state index contributed by atoms with van der Waals surface area (Å²) in [5.74, 6) is -0.0104. The molecular formula is C7H16ClNO3. The van der Waals surface area contributed by atoms with Crippen LogP contribution in [-0.4, -0.2) is 47.2 Å². The number of rotatable bonds is 2. The van der Waals surface area contributed by atoms with Gasteiger partial charge in [0.1, 0.15) is 0 Å². The van der Waals surface area contributed by atoms with Gasteiger partial charge >= 0.3 is 0 Å². The fraction of sp³-hybridized carbons (Fsp3) is 1.00. The van der Waals surface area contributed by atoms with Gasteiger partial charge in [0.25, 0.3) is 0 Å². The van der Waals surface area contributed by atoms with Crippen LogP contribution >= 0.6 is 12.4 Å². The molecule has 3 atom stereocenters. The number of β-amino-alcohol motifs (C(OH)–C–C–N with tert-alkyl or cyclic N) is 1. The van der Waals surface area contributed by atoms with Crippen molar-refractivity contribution in [3.63, 3.8) is 0 Å². The molecule has 0 aliphatic carbocycles. The Kier molecular flexibility index (Phi) is 5.78. The molecule has 0 unspecified atom stereocenters. The summed E-state index contributed by atoms with van der Waals surface area (Å²) < 4.78 is 0. The van der Waals surface area contributed by atoms with Crippen molar-refractivity contribution < 1.29 is 15.3 Å². The molecule has 0 aromatic carbocycles. The Morgan fingerprint density at radius 3 is 2.50 bits per heavy atom. The Bertz CT molecular complexity index is 123. The highest BCUT2D eigenvalue weighted by Crippen LogP contribution is 2.14. The number of aliphatic hydroxyl groups is 3. The second kappa shape index (κ2) is 5.72. The molecule has 1 saturated heterocycles. The van der Waals surface area contributed by atoms with Gasteiger partial charge in [-0.05, 0) is 6.42 Å². The minimum Gasteiger partial charge on any atom is -0.396 e. The second-order valence-electron chi connectivity index (χ2n) is 2.99. The minimum atomic E-state index is -0.680. The molecule has 0 spiro atoms. The molecule has 0 amide bonds. The Morgan fingerprint density at radius 1 is 1.25 bits per heavy atom. The van der Waals surface area contributed by atoms with Crippen molar-refractivity contribution in [3.05, 3.63) is 0 Å². The predicted molar refractivity (Wildman–Crippen MR) is 47.3 cm³/mol. The maximum atomic E-state index is 9.37. The van der Waals surface area contributed by atoms with E-state index in [1.165, 1.54) is 0 Å². The molecule has 4 nitrogen and oxygen atoms in total. The molecule has 74 valence electrons. The molecule has 0 radical (unpaired) electrons. The van der Waals surface area contributed by atoms with Gasteiger partial charge < -0.3 is 20.6 Å². The summed E-state index contributed by atoms with van der Waals surface area (Å²) in [5.41, 5.74) is 0. The predicted octanol–water partition coefficient (Wildman–Crippen LogP) is -1.27. The van der Waals surface area contributed by atoms with Crippen LogP contribution in [0.2, 0.25) is 0 Å². The van der Waals surface area contributed by atoms with Crippen molar-refractivity contribution in [3.8, 4) is 0 Å². The van der Waals surface area contributed by atoms with Crippen LogP contribution in [0.3, 0.4) is 0 Å². The summed E-state index contributed by atoms with van der Waals surface area (Å²) in [6.07, 6.45) is -0.811. The lowest BCUT2D eigenvalue weighted by Gasteiger charge is -2.32. The molecule has 0 aromatic rings. The average Bonchev–Trinajstić information content (AvgIpc) is 1.99. The number of aliphatic hydroxyl groups excluding tert-OH is 3. The van der Waals surface area contributed by atoms with Gasteiger partial charge in [-0.2, -0.15) is 0 Å². The number of hydrogen-bond acceptors (Lipinski definition) is 4. The van der Waals surface area contributed by atoms with Gasteiger partial charge in [-0.15, -0.1) is 12.4 Å². The molecule has 4 N–H and O–H groups in total. The van der Waals surface area contributed by atoms with Crippen LogP contribution in [0.4, 0.5) is 0 Å². The highest BCUT2D eigenvalue weighted by molar-refractivity contribution is 5.85. The first-order valence-corrected chi connectivity index (χ1v) is 3.93. The van der Waals surface area contributed by atoms with Crippen LogP contribution < -0.4 is 5.32 Å². The van der Waals surface area contributed by atoms with Gasteiger partial charge in [0.2, 0.25) is 0 Å². The van der Waals surface area contributed by atoms with Crippen LogP contribution in [-0.2, 0) is 0 Å². The molecule has 1 rings (SSSR count). The van der Waals surface area contributed by atoms with Crippen LogP contribution in [0.1, 0.15) is 6.42 Å². The van der Waals surface area contributed by atoms with E-state index in [0.29, 0.717) is 19.5 Å². The third-order valence-electron chi connectivity index (χ3n) is 2.14. The van der Waals surface area contributed by atoms with Gasteiger partial charge in [0, 0.05) is 25.6 Å². The van der Waals surface area contributed by atoms with Crippen LogP contribution in [0.5, 0.6) is 0 Å². The minimum absolute atomic E-state index is 0. The summed E-state index contributed by atoms with van der Waals surface area (Å²) >= 11 is 0. The van der Waals surface area contributed by atoms with E-state index in [-0.39, 0.29) is 24.9 Å². The third-order valence-corrected chi connectivity index (χ3v) is 2.14. The molecule has 1 fully saturated rings. The number of nitrogens with one attached hydrogen (secondary N) is 1. The normalized spacial score (nSPS) is 35.8. The molecule has 1 aliphatic rings. The van der Waals surface area contributed by atoms with Crippen molar-refractivity contribution >= 4 is 12.4 Å². The Labute approximate surface area is 78.0 Å². The van der Waals surface area contributed by atoms with E-state index in [4.69, 9.17) is 5.11 Å². The van der Waals surface area contributed by atoms with Crippen molar-refractivity contribution in [2.24, 2.45) is 5.92 Å². The van der Waals surface area contributed by atoms with E-state index in [1.807, 2.05) is 0 Å². The number of piperidine rings is 1. The highest BCUT2D eigenvalue weighted by Gasteiger charge is 2.29. The monoisotopic (exact) mass is 197 g/mol. The number of hydrogen-bond donors (Lipinski definition) is 4. The lowest BCUT2D eigenvalue weighted by Crippen LogP contribution is -2.50. The third kappa shape index (κ3) is 2.88. The van der Waals surface area contributed by atoms with Gasteiger partial charge in [-0.25, -0.2) is 0 Å². The highest BCUT2D eigenvalue weighted by atomic mass is 35.5. The standard InChI is InChI=1S/C7H15NO3.ClH/c9-2-1-5-3-8-4-6(10)7(5)11;/h5-11H,1-4H2;1H/t5-,6-,7-;/m1./s1. The average molecular weight is 198 g/mol. The topological polar surface area (TPSA) is 72.7 Å². The van der Waals surface area contributed by atoms with Crippen molar-refractivity contribution in [2.45, 2.75) is 18.6 Å². The van der Waals surface area contributed by atoms with Crippen molar-refractivity contribution in [2.75, 3.05) is 19.7 Å². The largest absolute Gasteiger partial charge is 0.396 e. The lowest BCUT2D eigenvalue weighted by molar-refractivity contribution is -0.0404. The maximum Gasteiger partial charge on any atom is 0.0926 e. The van der Waals surface area contributed by atoms with E-state index in [2.05, 4.69) is 5.32 Å². The smallest absolute Gasteiger partial charge is 0.0926 e. The summed E-state index contributed by atoms with van der Waals surface area (Å²) in [5, 5.41) is 30.1. The zero-order valence-electron chi connectivity index (χ0n) is 6.81. The van der Waals surface area contributed by atoms with E-state index in [1.54, 1.807) is 0 Å². The summed E-state index contributed by atoms with van der Waals surface area (Å²) in [7, 11) is 0. The van der Waals surface area contributed by atoms with E-state index >= 15 is 0 Å². The molecule has 0 bridgehead atoms. The van der Waals surface area contributed by atoms with Crippen LogP contribution in [0.25, 0.3) is 0 Å². The van der Waals surface area contributed by atoms with Crippen LogP contribution in [0.15, 0.2) is 0 Å². The van der Waals surface area contributed by atoms with Crippen molar-refractivity contribution in [1.29, 1.82) is 0 Å². The quantitative estimate of drug-likeness (QED) is 0.446. The molecule has 5 heteroatoms. The van der Waals surface area contributed by atoms with Gasteiger partial charge in [0.05, 0.1) is 12.2 Å². The molecule has 0 aromatic heterocycles. The zero-order chi connectivity index (χ0) is 8.27.